The topological polar surface area (TPSA) is 70.1 Å². The summed E-state index contributed by atoms with van der Waals surface area (Å²) in [5.74, 6) is 2.19. The standard InChI is InChI=1S/C16H28N4O/c1-3-7-13-15(17-4-2)19-11-20-16(13)18-10-12-8-5-6-9-14(12)21/h11-12,14,21H,3-10H2,1-2H3,(H2,17,18,19,20). The molecule has 5 heteroatoms. The summed E-state index contributed by atoms with van der Waals surface area (Å²) < 4.78 is 0. The molecular weight excluding hydrogens is 264 g/mol. The molecule has 0 bridgehead atoms. The van der Waals surface area contributed by atoms with E-state index in [1.165, 1.54) is 6.42 Å². The van der Waals surface area contributed by atoms with E-state index in [4.69, 9.17) is 0 Å². The summed E-state index contributed by atoms with van der Waals surface area (Å²) in [4.78, 5) is 8.75. The fourth-order valence-corrected chi connectivity index (χ4v) is 3.03. The van der Waals surface area contributed by atoms with Crippen molar-refractivity contribution in [3.8, 4) is 0 Å². The van der Waals surface area contributed by atoms with E-state index >= 15 is 0 Å². The number of hydrogen-bond donors (Lipinski definition) is 3. The summed E-state index contributed by atoms with van der Waals surface area (Å²) in [6.45, 7) is 5.88. The smallest absolute Gasteiger partial charge is 0.134 e. The van der Waals surface area contributed by atoms with Crippen LogP contribution in [0.2, 0.25) is 0 Å². The van der Waals surface area contributed by atoms with Crippen LogP contribution in [-0.4, -0.2) is 34.3 Å². The monoisotopic (exact) mass is 292 g/mol. The van der Waals surface area contributed by atoms with E-state index in [2.05, 4.69) is 34.4 Å². The number of aliphatic hydroxyl groups excluding tert-OH is 1. The summed E-state index contributed by atoms with van der Waals surface area (Å²) in [6, 6.07) is 0. The second-order valence-electron chi connectivity index (χ2n) is 5.82. The van der Waals surface area contributed by atoms with Gasteiger partial charge in [-0.3, -0.25) is 0 Å². The fourth-order valence-electron chi connectivity index (χ4n) is 3.03. The van der Waals surface area contributed by atoms with Crippen molar-refractivity contribution in [2.75, 3.05) is 23.7 Å². The van der Waals surface area contributed by atoms with Crippen LogP contribution in [0.15, 0.2) is 6.33 Å². The quantitative estimate of drug-likeness (QED) is 0.721. The maximum absolute atomic E-state index is 10.1. The Bertz CT molecular complexity index is 438. The van der Waals surface area contributed by atoms with E-state index in [0.717, 1.165) is 62.4 Å². The van der Waals surface area contributed by atoms with Crippen LogP contribution in [0.1, 0.15) is 51.5 Å². The average molecular weight is 292 g/mol. The van der Waals surface area contributed by atoms with Crippen molar-refractivity contribution in [3.05, 3.63) is 11.9 Å². The van der Waals surface area contributed by atoms with Gasteiger partial charge in [-0.05, 0) is 26.2 Å². The molecule has 118 valence electrons. The highest BCUT2D eigenvalue weighted by atomic mass is 16.3. The molecule has 1 saturated carbocycles. The highest BCUT2D eigenvalue weighted by Gasteiger charge is 2.23. The van der Waals surface area contributed by atoms with Crippen LogP contribution in [0.5, 0.6) is 0 Å². The highest BCUT2D eigenvalue weighted by molar-refractivity contribution is 5.57. The Morgan fingerprint density at radius 2 is 1.86 bits per heavy atom. The van der Waals surface area contributed by atoms with Crippen LogP contribution in [-0.2, 0) is 6.42 Å². The predicted molar refractivity (Wildman–Crippen MR) is 86.6 cm³/mol. The molecule has 2 unspecified atom stereocenters. The average Bonchev–Trinajstić information content (AvgIpc) is 2.49. The van der Waals surface area contributed by atoms with Crippen molar-refractivity contribution in [2.45, 2.75) is 58.5 Å². The molecule has 0 aliphatic heterocycles. The molecule has 2 rings (SSSR count). The molecule has 0 radical (unpaired) electrons. The van der Waals surface area contributed by atoms with Crippen molar-refractivity contribution >= 4 is 11.6 Å². The zero-order valence-corrected chi connectivity index (χ0v) is 13.2. The number of hydrogen-bond acceptors (Lipinski definition) is 5. The molecule has 21 heavy (non-hydrogen) atoms. The van der Waals surface area contributed by atoms with Gasteiger partial charge in [-0.2, -0.15) is 0 Å². The summed E-state index contributed by atoms with van der Waals surface area (Å²) >= 11 is 0. The van der Waals surface area contributed by atoms with Gasteiger partial charge in [0.05, 0.1) is 6.10 Å². The Hall–Kier alpha value is -1.36. The van der Waals surface area contributed by atoms with Crippen molar-refractivity contribution < 1.29 is 5.11 Å². The van der Waals surface area contributed by atoms with Gasteiger partial charge < -0.3 is 15.7 Å². The van der Waals surface area contributed by atoms with Crippen LogP contribution in [0, 0.1) is 5.92 Å². The molecule has 1 aliphatic rings. The maximum atomic E-state index is 10.1. The van der Waals surface area contributed by atoms with E-state index in [1.807, 2.05) is 0 Å². The van der Waals surface area contributed by atoms with Crippen LogP contribution in [0.25, 0.3) is 0 Å². The van der Waals surface area contributed by atoms with Gasteiger partial charge in [0, 0.05) is 24.6 Å². The first-order valence-electron chi connectivity index (χ1n) is 8.25. The van der Waals surface area contributed by atoms with Crippen LogP contribution in [0.3, 0.4) is 0 Å². The first-order valence-corrected chi connectivity index (χ1v) is 8.25. The fraction of sp³-hybridized carbons (Fsp3) is 0.750. The van der Waals surface area contributed by atoms with Gasteiger partial charge in [-0.25, -0.2) is 9.97 Å². The SMILES string of the molecule is CCCc1c(NCC)ncnc1NCC1CCCCC1O. The minimum Gasteiger partial charge on any atom is -0.393 e. The molecule has 0 amide bonds. The second kappa shape index (κ2) is 8.17. The van der Waals surface area contributed by atoms with E-state index < -0.39 is 0 Å². The summed E-state index contributed by atoms with van der Waals surface area (Å²) in [5.41, 5.74) is 1.16. The molecule has 0 aromatic carbocycles. The largest absolute Gasteiger partial charge is 0.393 e. The number of rotatable bonds is 7. The molecule has 1 aliphatic carbocycles. The molecule has 1 fully saturated rings. The first kappa shape index (κ1) is 16.0. The molecule has 2 atom stereocenters. The molecule has 0 saturated heterocycles. The third kappa shape index (κ3) is 4.30. The van der Waals surface area contributed by atoms with Crippen molar-refractivity contribution in [2.24, 2.45) is 5.92 Å². The van der Waals surface area contributed by atoms with Crippen molar-refractivity contribution in [1.82, 2.24) is 9.97 Å². The number of nitrogens with one attached hydrogen (secondary N) is 2. The molecule has 1 aromatic heterocycles. The Balaban J connectivity index is 2.05. The normalized spacial score (nSPS) is 22.0. The number of nitrogens with zero attached hydrogens (tertiary/aromatic N) is 2. The minimum atomic E-state index is -0.170. The Morgan fingerprint density at radius 3 is 2.52 bits per heavy atom. The van der Waals surface area contributed by atoms with Crippen molar-refractivity contribution in [3.63, 3.8) is 0 Å². The van der Waals surface area contributed by atoms with Gasteiger partial charge in [-0.1, -0.05) is 26.2 Å². The van der Waals surface area contributed by atoms with Crippen LogP contribution < -0.4 is 10.6 Å². The molecule has 1 heterocycles. The lowest BCUT2D eigenvalue weighted by Crippen LogP contribution is -2.30. The van der Waals surface area contributed by atoms with Crippen LogP contribution in [0.4, 0.5) is 11.6 Å². The molecule has 0 spiro atoms. The molecule has 1 aromatic rings. The zero-order valence-electron chi connectivity index (χ0n) is 13.2. The molecule has 3 N–H and O–H groups in total. The Labute approximate surface area is 127 Å². The van der Waals surface area contributed by atoms with E-state index in [0.29, 0.717) is 5.92 Å². The van der Waals surface area contributed by atoms with Gasteiger partial charge in [-0.15, -0.1) is 0 Å². The highest BCUT2D eigenvalue weighted by Crippen LogP contribution is 2.26. The lowest BCUT2D eigenvalue weighted by molar-refractivity contribution is 0.0763. The van der Waals surface area contributed by atoms with Gasteiger partial charge in [0.25, 0.3) is 0 Å². The Morgan fingerprint density at radius 1 is 1.14 bits per heavy atom. The van der Waals surface area contributed by atoms with E-state index in [9.17, 15) is 5.11 Å². The van der Waals surface area contributed by atoms with Gasteiger partial charge in [0.1, 0.15) is 18.0 Å². The number of aliphatic hydroxyl groups is 1. The van der Waals surface area contributed by atoms with Crippen molar-refractivity contribution in [1.29, 1.82) is 0 Å². The van der Waals surface area contributed by atoms with Gasteiger partial charge in [0.15, 0.2) is 0 Å². The lowest BCUT2D eigenvalue weighted by atomic mass is 9.86. The minimum absolute atomic E-state index is 0.170. The maximum Gasteiger partial charge on any atom is 0.134 e. The summed E-state index contributed by atoms with van der Waals surface area (Å²) in [6.07, 6.45) is 7.86. The van der Waals surface area contributed by atoms with Crippen LogP contribution >= 0.6 is 0 Å². The Kier molecular flexibility index (Phi) is 6.23. The predicted octanol–water partition coefficient (Wildman–Crippen LogP) is 2.82. The first-order chi connectivity index (χ1) is 10.3. The van der Waals surface area contributed by atoms with E-state index in [-0.39, 0.29) is 6.10 Å². The third-order valence-electron chi connectivity index (χ3n) is 4.19. The lowest BCUT2D eigenvalue weighted by Gasteiger charge is -2.28. The number of aromatic nitrogens is 2. The van der Waals surface area contributed by atoms with Gasteiger partial charge >= 0.3 is 0 Å². The van der Waals surface area contributed by atoms with E-state index in [1.54, 1.807) is 6.33 Å². The number of anilines is 2. The third-order valence-corrected chi connectivity index (χ3v) is 4.19. The second-order valence-corrected chi connectivity index (χ2v) is 5.82. The summed E-state index contributed by atoms with van der Waals surface area (Å²) in [5, 5.41) is 16.8. The molecule has 5 nitrogen and oxygen atoms in total. The summed E-state index contributed by atoms with van der Waals surface area (Å²) in [7, 11) is 0. The zero-order chi connectivity index (χ0) is 15.1. The van der Waals surface area contributed by atoms with Gasteiger partial charge in [0.2, 0.25) is 0 Å². The molecular formula is C16H28N4O.